The van der Waals surface area contributed by atoms with Gasteiger partial charge < -0.3 is 10.4 Å². The number of rotatable bonds is 4. The Morgan fingerprint density at radius 1 is 1.62 bits per heavy atom. The predicted molar refractivity (Wildman–Crippen MR) is 59.8 cm³/mol. The monoisotopic (exact) mass is 245 g/mol. The zero-order valence-electron chi connectivity index (χ0n) is 8.84. The third-order valence-corrected chi connectivity index (χ3v) is 2.40. The van der Waals surface area contributed by atoms with E-state index in [1.807, 2.05) is 0 Å². The lowest BCUT2D eigenvalue weighted by Crippen LogP contribution is -2.36. The smallest absolute Gasteiger partial charge is 0.224 e. The first kappa shape index (κ1) is 12.9. The summed E-state index contributed by atoms with van der Waals surface area (Å²) in [6.07, 6.45) is 0.0729. The molecule has 0 aromatic heterocycles. The van der Waals surface area contributed by atoms with Crippen LogP contribution in [0.2, 0.25) is 5.02 Å². The molecule has 1 unspecified atom stereocenters. The van der Waals surface area contributed by atoms with E-state index in [9.17, 15) is 9.18 Å². The molecule has 16 heavy (non-hydrogen) atoms. The zero-order valence-corrected chi connectivity index (χ0v) is 9.59. The molecule has 2 N–H and O–H groups in total. The minimum atomic E-state index is -0.433. The molecular weight excluding hydrogens is 233 g/mol. The molecule has 0 spiro atoms. The number of benzene rings is 1. The van der Waals surface area contributed by atoms with Crippen LogP contribution in [0.15, 0.2) is 18.2 Å². The van der Waals surface area contributed by atoms with Gasteiger partial charge in [-0.05, 0) is 24.6 Å². The number of carbonyl (C=O) groups is 1. The van der Waals surface area contributed by atoms with Crippen molar-refractivity contribution in [3.8, 4) is 0 Å². The van der Waals surface area contributed by atoms with Crippen LogP contribution in [0, 0.1) is 5.82 Å². The van der Waals surface area contributed by atoms with E-state index in [1.165, 1.54) is 18.2 Å². The van der Waals surface area contributed by atoms with Crippen molar-refractivity contribution in [3.63, 3.8) is 0 Å². The van der Waals surface area contributed by atoms with E-state index in [4.69, 9.17) is 16.7 Å². The molecule has 0 aliphatic rings. The SMILES string of the molecule is CC(CO)NC(=O)Cc1ccc(F)cc1Cl. The molecule has 0 aliphatic carbocycles. The number of hydrogen-bond donors (Lipinski definition) is 2. The highest BCUT2D eigenvalue weighted by Gasteiger charge is 2.10. The summed E-state index contributed by atoms with van der Waals surface area (Å²) in [5.74, 6) is -0.687. The molecule has 0 heterocycles. The van der Waals surface area contributed by atoms with Gasteiger partial charge in [0.15, 0.2) is 0 Å². The van der Waals surface area contributed by atoms with Crippen molar-refractivity contribution >= 4 is 17.5 Å². The Balaban J connectivity index is 2.63. The van der Waals surface area contributed by atoms with Crippen LogP contribution < -0.4 is 5.32 Å². The highest BCUT2D eigenvalue weighted by atomic mass is 35.5. The Morgan fingerprint density at radius 3 is 2.88 bits per heavy atom. The molecule has 1 aromatic rings. The second kappa shape index (κ2) is 5.82. The molecule has 1 amide bonds. The van der Waals surface area contributed by atoms with Crippen molar-refractivity contribution in [1.29, 1.82) is 0 Å². The molecule has 1 aromatic carbocycles. The Morgan fingerprint density at radius 2 is 2.31 bits per heavy atom. The Labute approximate surface area is 98.2 Å². The summed E-state index contributed by atoms with van der Waals surface area (Å²) in [6, 6.07) is 3.59. The number of hydrogen-bond acceptors (Lipinski definition) is 2. The number of aliphatic hydroxyl groups is 1. The molecule has 0 fully saturated rings. The van der Waals surface area contributed by atoms with Gasteiger partial charge in [-0.15, -0.1) is 0 Å². The summed E-state index contributed by atoms with van der Waals surface area (Å²) >= 11 is 5.77. The maximum absolute atomic E-state index is 12.7. The van der Waals surface area contributed by atoms with Gasteiger partial charge in [0.25, 0.3) is 0 Å². The molecule has 88 valence electrons. The van der Waals surface area contributed by atoms with Crippen LogP contribution in [0.1, 0.15) is 12.5 Å². The van der Waals surface area contributed by atoms with Gasteiger partial charge in [-0.3, -0.25) is 4.79 Å². The summed E-state index contributed by atoms with van der Waals surface area (Å²) in [5.41, 5.74) is 0.561. The van der Waals surface area contributed by atoms with Gasteiger partial charge in [0, 0.05) is 11.1 Å². The maximum atomic E-state index is 12.7. The number of halogens is 2. The fourth-order valence-corrected chi connectivity index (χ4v) is 1.44. The second-order valence-electron chi connectivity index (χ2n) is 3.56. The Kier molecular flexibility index (Phi) is 4.71. The van der Waals surface area contributed by atoms with E-state index < -0.39 is 5.82 Å². The largest absolute Gasteiger partial charge is 0.394 e. The summed E-state index contributed by atoms with van der Waals surface area (Å²) < 4.78 is 12.7. The van der Waals surface area contributed by atoms with Crippen molar-refractivity contribution in [2.75, 3.05) is 6.61 Å². The van der Waals surface area contributed by atoms with Crippen LogP contribution in [0.4, 0.5) is 4.39 Å². The van der Waals surface area contributed by atoms with Crippen LogP contribution >= 0.6 is 11.6 Å². The van der Waals surface area contributed by atoms with Crippen molar-refractivity contribution in [2.45, 2.75) is 19.4 Å². The molecule has 0 bridgehead atoms. The molecule has 0 radical (unpaired) electrons. The number of nitrogens with one attached hydrogen (secondary N) is 1. The minimum absolute atomic E-state index is 0.0729. The zero-order chi connectivity index (χ0) is 12.1. The average molecular weight is 246 g/mol. The predicted octanol–water partition coefficient (Wildman–Crippen LogP) is 1.52. The lowest BCUT2D eigenvalue weighted by atomic mass is 10.1. The molecule has 1 rings (SSSR count). The van der Waals surface area contributed by atoms with Gasteiger partial charge in [-0.25, -0.2) is 4.39 Å². The lowest BCUT2D eigenvalue weighted by Gasteiger charge is -2.11. The summed E-state index contributed by atoms with van der Waals surface area (Å²) in [5, 5.41) is 11.6. The second-order valence-corrected chi connectivity index (χ2v) is 3.97. The fraction of sp³-hybridized carbons (Fsp3) is 0.364. The van der Waals surface area contributed by atoms with E-state index in [2.05, 4.69) is 5.32 Å². The highest BCUT2D eigenvalue weighted by Crippen LogP contribution is 2.17. The number of aliphatic hydroxyl groups excluding tert-OH is 1. The van der Waals surface area contributed by atoms with Crippen molar-refractivity contribution in [2.24, 2.45) is 0 Å². The van der Waals surface area contributed by atoms with Gasteiger partial charge in [-0.2, -0.15) is 0 Å². The summed E-state index contributed by atoms with van der Waals surface area (Å²) in [4.78, 5) is 11.4. The Hall–Kier alpha value is -1.13. The first-order valence-corrected chi connectivity index (χ1v) is 5.25. The molecule has 0 saturated carbocycles. The van der Waals surface area contributed by atoms with Crippen LogP contribution in [-0.4, -0.2) is 23.7 Å². The number of amides is 1. The third kappa shape index (κ3) is 3.79. The van der Waals surface area contributed by atoms with Crippen molar-refractivity contribution in [3.05, 3.63) is 34.6 Å². The van der Waals surface area contributed by atoms with Gasteiger partial charge >= 0.3 is 0 Å². The van der Waals surface area contributed by atoms with Gasteiger partial charge in [0.2, 0.25) is 5.91 Å². The number of carbonyl (C=O) groups excluding carboxylic acids is 1. The third-order valence-electron chi connectivity index (χ3n) is 2.05. The van der Waals surface area contributed by atoms with E-state index in [1.54, 1.807) is 6.92 Å². The normalized spacial score (nSPS) is 12.2. The van der Waals surface area contributed by atoms with Crippen LogP contribution in [0.25, 0.3) is 0 Å². The Bertz CT molecular complexity index is 384. The van der Waals surface area contributed by atoms with Crippen LogP contribution in [0.3, 0.4) is 0 Å². The molecule has 0 aliphatic heterocycles. The van der Waals surface area contributed by atoms with Gasteiger partial charge in [0.1, 0.15) is 5.82 Å². The minimum Gasteiger partial charge on any atom is -0.394 e. The van der Waals surface area contributed by atoms with E-state index >= 15 is 0 Å². The van der Waals surface area contributed by atoms with E-state index in [0.29, 0.717) is 5.56 Å². The molecular formula is C11H13ClFNO2. The molecule has 3 nitrogen and oxygen atoms in total. The topological polar surface area (TPSA) is 49.3 Å². The highest BCUT2D eigenvalue weighted by molar-refractivity contribution is 6.31. The maximum Gasteiger partial charge on any atom is 0.224 e. The standard InChI is InChI=1S/C11H13ClFNO2/c1-7(6-15)14-11(16)4-8-2-3-9(13)5-10(8)12/h2-3,5,7,15H,4,6H2,1H3,(H,14,16). The van der Waals surface area contributed by atoms with E-state index in [0.717, 1.165) is 0 Å². The van der Waals surface area contributed by atoms with Crippen LogP contribution in [-0.2, 0) is 11.2 Å². The first-order chi connectivity index (χ1) is 7.52. The molecule has 0 saturated heterocycles. The van der Waals surface area contributed by atoms with Crippen molar-refractivity contribution < 1.29 is 14.3 Å². The van der Waals surface area contributed by atoms with Gasteiger partial charge in [-0.1, -0.05) is 17.7 Å². The summed E-state index contributed by atoms with van der Waals surface area (Å²) in [6.45, 7) is 1.56. The van der Waals surface area contributed by atoms with E-state index in [-0.39, 0.29) is 30.0 Å². The summed E-state index contributed by atoms with van der Waals surface area (Å²) in [7, 11) is 0. The first-order valence-electron chi connectivity index (χ1n) is 4.87. The van der Waals surface area contributed by atoms with Crippen LogP contribution in [0.5, 0.6) is 0 Å². The quantitative estimate of drug-likeness (QED) is 0.845. The van der Waals surface area contributed by atoms with Gasteiger partial charge in [0.05, 0.1) is 13.0 Å². The average Bonchev–Trinajstić information content (AvgIpc) is 2.22. The lowest BCUT2D eigenvalue weighted by molar-refractivity contribution is -0.121. The fourth-order valence-electron chi connectivity index (χ4n) is 1.21. The van der Waals surface area contributed by atoms with Crippen molar-refractivity contribution in [1.82, 2.24) is 5.32 Å². The molecule has 5 heteroatoms. The molecule has 1 atom stereocenters.